The zero-order chi connectivity index (χ0) is 21.6. The number of carbonyl (C=O) groups excluding carboxylic acids is 2. The number of nitrogens with zero attached hydrogens (tertiary/aromatic N) is 4. The van der Waals surface area contributed by atoms with Gasteiger partial charge in [-0.15, -0.1) is 0 Å². The van der Waals surface area contributed by atoms with Crippen molar-refractivity contribution in [3.63, 3.8) is 0 Å². The number of benzene rings is 2. The van der Waals surface area contributed by atoms with Gasteiger partial charge in [-0.05, 0) is 18.2 Å². The number of hydrogen-bond acceptors (Lipinski definition) is 7. The Labute approximate surface area is 164 Å². The molecule has 2 aromatic carbocycles. The molecule has 0 radical (unpaired) electrons. The third-order valence-corrected chi connectivity index (χ3v) is 4.37. The first-order valence-electron chi connectivity index (χ1n) is 8.30. The number of hydrogen-bond donors (Lipinski definition) is 0. The summed E-state index contributed by atoms with van der Waals surface area (Å²) in [7, 11) is 0. The summed E-state index contributed by atoms with van der Waals surface area (Å²) >= 11 is 0. The molecular formula is C18H9F3N4O5. The standard InChI is InChI=1S/C18H9F3N4O5/c19-18(20,21)10-3-1-2-9(6-10)15-22-14(30-23-15)8-24-16(26)12-5-4-11(25(28)29)7-13(12)17(24)27/h1-7H,8H2. The lowest BCUT2D eigenvalue weighted by Gasteiger charge is -2.09. The topological polar surface area (TPSA) is 119 Å². The van der Waals surface area contributed by atoms with Gasteiger partial charge >= 0.3 is 6.18 Å². The Morgan fingerprint density at radius 3 is 2.50 bits per heavy atom. The van der Waals surface area contributed by atoms with Crippen molar-refractivity contribution in [2.45, 2.75) is 12.7 Å². The maximum Gasteiger partial charge on any atom is 0.416 e. The van der Waals surface area contributed by atoms with Crippen LogP contribution >= 0.6 is 0 Å². The Morgan fingerprint density at radius 1 is 1.07 bits per heavy atom. The van der Waals surface area contributed by atoms with E-state index in [4.69, 9.17) is 4.52 Å². The van der Waals surface area contributed by atoms with Crippen molar-refractivity contribution >= 4 is 17.5 Å². The number of rotatable bonds is 4. The van der Waals surface area contributed by atoms with E-state index in [0.29, 0.717) is 0 Å². The van der Waals surface area contributed by atoms with Gasteiger partial charge in [0.15, 0.2) is 0 Å². The molecule has 3 aromatic rings. The van der Waals surface area contributed by atoms with Crippen LogP contribution in [0.2, 0.25) is 0 Å². The lowest BCUT2D eigenvalue weighted by Crippen LogP contribution is -2.29. The highest BCUT2D eigenvalue weighted by molar-refractivity contribution is 6.21. The summed E-state index contributed by atoms with van der Waals surface area (Å²) in [6, 6.07) is 7.55. The van der Waals surface area contributed by atoms with E-state index in [-0.39, 0.29) is 34.1 Å². The molecule has 0 spiro atoms. The molecule has 2 heterocycles. The molecule has 4 rings (SSSR count). The van der Waals surface area contributed by atoms with Crippen molar-refractivity contribution in [2.75, 3.05) is 0 Å². The van der Waals surface area contributed by atoms with Gasteiger partial charge in [-0.1, -0.05) is 17.3 Å². The van der Waals surface area contributed by atoms with Gasteiger partial charge in [-0.2, -0.15) is 18.2 Å². The zero-order valence-corrected chi connectivity index (χ0v) is 14.7. The fourth-order valence-corrected chi connectivity index (χ4v) is 2.94. The van der Waals surface area contributed by atoms with Crippen LogP contribution in [0.25, 0.3) is 11.4 Å². The van der Waals surface area contributed by atoms with Gasteiger partial charge in [-0.3, -0.25) is 24.6 Å². The van der Waals surface area contributed by atoms with Crippen LogP contribution in [0.3, 0.4) is 0 Å². The van der Waals surface area contributed by atoms with E-state index < -0.39 is 35.0 Å². The molecule has 1 aliphatic heterocycles. The molecule has 0 saturated carbocycles. The molecule has 1 aromatic heterocycles. The maximum atomic E-state index is 12.9. The summed E-state index contributed by atoms with van der Waals surface area (Å²) < 4.78 is 43.6. The van der Waals surface area contributed by atoms with E-state index in [1.165, 1.54) is 18.2 Å². The van der Waals surface area contributed by atoms with Crippen LogP contribution in [0.1, 0.15) is 32.2 Å². The monoisotopic (exact) mass is 418 g/mol. The average molecular weight is 418 g/mol. The number of imide groups is 1. The van der Waals surface area contributed by atoms with Crippen LogP contribution in [0.15, 0.2) is 47.0 Å². The summed E-state index contributed by atoms with van der Waals surface area (Å²) in [6.45, 7) is -0.438. The van der Waals surface area contributed by atoms with Gasteiger partial charge in [0.25, 0.3) is 17.5 Å². The molecule has 0 unspecified atom stereocenters. The average Bonchev–Trinajstić information content (AvgIpc) is 3.26. The minimum Gasteiger partial charge on any atom is -0.337 e. The molecule has 152 valence electrons. The molecule has 0 N–H and O–H groups in total. The number of carbonyl (C=O) groups is 2. The van der Waals surface area contributed by atoms with Crippen LogP contribution in [-0.4, -0.2) is 31.8 Å². The van der Waals surface area contributed by atoms with Crippen molar-refractivity contribution in [3.8, 4) is 11.4 Å². The van der Waals surface area contributed by atoms with Gasteiger partial charge in [0.05, 0.1) is 21.6 Å². The molecule has 0 saturated heterocycles. The molecule has 9 nitrogen and oxygen atoms in total. The number of non-ortho nitro benzene ring substituents is 1. The number of amides is 2. The highest BCUT2D eigenvalue weighted by atomic mass is 19.4. The predicted molar refractivity (Wildman–Crippen MR) is 92.0 cm³/mol. The quantitative estimate of drug-likeness (QED) is 0.362. The smallest absolute Gasteiger partial charge is 0.337 e. The molecule has 0 atom stereocenters. The van der Waals surface area contributed by atoms with Crippen molar-refractivity contribution in [1.82, 2.24) is 15.0 Å². The second-order valence-corrected chi connectivity index (χ2v) is 6.27. The maximum absolute atomic E-state index is 12.9. The first-order chi connectivity index (χ1) is 14.1. The Balaban J connectivity index is 1.58. The molecule has 0 aliphatic carbocycles. The number of nitro groups is 1. The van der Waals surface area contributed by atoms with Crippen LogP contribution in [-0.2, 0) is 12.7 Å². The summed E-state index contributed by atoms with van der Waals surface area (Å²) in [6.07, 6.45) is -4.55. The molecule has 0 bridgehead atoms. The summed E-state index contributed by atoms with van der Waals surface area (Å²) in [5.74, 6) is -1.82. The van der Waals surface area contributed by atoms with E-state index in [1.54, 1.807) is 0 Å². The van der Waals surface area contributed by atoms with Crippen LogP contribution in [0.4, 0.5) is 18.9 Å². The normalized spacial score (nSPS) is 13.6. The van der Waals surface area contributed by atoms with E-state index in [2.05, 4.69) is 10.1 Å². The van der Waals surface area contributed by atoms with E-state index in [0.717, 1.165) is 29.2 Å². The SMILES string of the molecule is O=C1c2ccc([N+](=O)[O-])cc2C(=O)N1Cc1nc(-c2cccc(C(F)(F)F)c2)no1. The summed E-state index contributed by atoms with van der Waals surface area (Å²) in [5, 5.41) is 14.5. The van der Waals surface area contributed by atoms with Crippen LogP contribution in [0, 0.1) is 10.1 Å². The molecule has 2 amide bonds. The number of nitro benzene ring substituents is 1. The molecule has 30 heavy (non-hydrogen) atoms. The first-order valence-corrected chi connectivity index (χ1v) is 8.30. The Kier molecular flexibility index (Phi) is 4.33. The van der Waals surface area contributed by atoms with Gasteiger partial charge in [0, 0.05) is 17.7 Å². The minimum atomic E-state index is -4.55. The van der Waals surface area contributed by atoms with Crippen LogP contribution < -0.4 is 0 Å². The second-order valence-electron chi connectivity index (χ2n) is 6.27. The van der Waals surface area contributed by atoms with E-state index in [1.807, 2.05) is 0 Å². The van der Waals surface area contributed by atoms with Crippen molar-refractivity contribution in [3.05, 3.63) is 75.2 Å². The van der Waals surface area contributed by atoms with E-state index in [9.17, 15) is 32.9 Å². The van der Waals surface area contributed by atoms with Gasteiger partial charge in [0.2, 0.25) is 11.7 Å². The highest BCUT2D eigenvalue weighted by Crippen LogP contribution is 2.32. The number of aromatic nitrogens is 2. The fraction of sp³-hybridized carbons (Fsp3) is 0.111. The molecule has 0 fully saturated rings. The van der Waals surface area contributed by atoms with Crippen molar-refractivity contribution < 1.29 is 32.2 Å². The third kappa shape index (κ3) is 3.27. The van der Waals surface area contributed by atoms with Crippen molar-refractivity contribution in [1.29, 1.82) is 0 Å². The summed E-state index contributed by atoms with van der Waals surface area (Å²) in [5.41, 5.74) is -1.34. The van der Waals surface area contributed by atoms with Crippen LogP contribution in [0.5, 0.6) is 0 Å². The van der Waals surface area contributed by atoms with Gasteiger partial charge in [0.1, 0.15) is 6.54 Å². The van der Waals surface area contributed by atoms with Crippen molar-refractivity contribution in [2.24, 2.45) is 0 Å². The largest absolute Gasteiger partial charge is 0.416 e. The lowest BCUT2D eigenvalue weighted by atomic mass is 10.1. The molecule has 12 heteroatoms. The van der Waals surface area contributed by atoms with Gasteiger partial charge in [-0.25, -0.2) is 0 Å². The Hall–Kier alpha value is -4.09. The van der Waals surface area contributed by atoms with Gasteiger partial charge < -0.3 is 4.52 Å². The number of halogens is 3. The lowest BCUT2D eigenvalue weighted by molar-refractivity contribution is -0.384. The summed E-state index contributed by atoms with van der Waals surface area (Å²) in [4.78, 5) is 39.8. The minimum absolute atomic E-state index is 0.0109. The zero-order valence-electron chi connectivity index (χ0n) is 14.7. The fourth-order valence-electron chi connectivity index (χ4n) is 2.94. The number of alkyl halides is 3. The molecular weight excluding hydrogens is 409 g/mol. The second kappa shape index (κ2) is 6.76. The number of fused-ring (bicyclic) bond motifs is 1. The third-order valence-electron chi connectivity index (χ3n) is 4.37. The first kappa shape index (κ1) is 19.2. The predicted octanol–water partition coefficient (Wildman–Crippen LogP) is 3.46. The van der Waals surface area contributed by atoms with E-state index >= 15 is 0 Å². The highest BCUT2D eigenvalue weighted by Gasteiger charge is 2.38. The molecule has 1 aliphatic rings. The Bertz CT molecular complexity index is 1200. The Morgan fingerprint density at radius 2 is 1.80 bits per heavy atom.